The van der Waals surface area contributed by atoms with Crippen molar-refractivity contribution in [2.75, 3.05) is 43.0 Å². The Balaban J connectivity index is 1.61. The van der Waals surface area contributed by atoms with Gasteiger partial charge in [-0.3, -0.25) is 4.79 Å². The molecule has 2 N–H and O–H groups in total. The van der Waals surface area contributed by atoms with Crippen molar-refractivity contribution in [2.24, 2.45) is 5.92 Å². The van der Waals surface area contributed by atoms with E-state index in [0.29, 0.717) is 18.5 Å². The lowest BCUT2D eigenvalue weighted by atomic mass is 9.97. The number of likely N-dealkylation sites (N-methyl/N-ethyl adjacent to an activating group) is 1. The van der Waals surface area contributed by atoms with Crippen LogP contribution in [0.3, 0.4) is 0 Å². The van der Waals surface area contributed by atoms with E-state index in [1.165, 1.54) is 0 Å². The third-order valence-electron chi connectivity index (χ3n) is 5.20. The van der Waals surface area contributed by atoms with Gasteiger partial charge >= 0.3 is 0 Å². The number of anilines is 2. The van der Waals surface area contributed by atoms with Crippen LogP contribution in [-0.4, -0.2) is 54.7 Å². The van der Waals surface area contributed by atoms with Crippen molar-refractivity contribution in [2.45, 2.75) is 38.6 Å². The Labute approximate surface area is 144 Å². The second-order valence-electron chi connectivity index (χ2n) is 6.89. The van der Waals surface area contributed by atoms with E-state index < -0.39 is 0 Å². The maximum absolute atomic E-state index is 12.4. The summed E-state index contributed by atoms with van der Waals surface area (Å²) in [6, 6.07) is 8.69. The standard InChI is InChI=1S/C19H29N3O2/c1-2-22(16-7-8-16)19(24)13-20-17-5-3-4-6-18(17)21-11-9-15(14-23)10-12-21/h3-6,15-16,20,23H,2,7-14H2,1H3. The molecule has 0 spiro atoms. The average molecular weight is 331 g/mol. The number of piperidine rings is 1. The van der Waals surface area contributed by atoms with Gasteiger partial charge in [-0.2, -0.15) is 0 Å². The van der Waals surface area contributed by atoms with Crippen LogP contribution in [0.15, 0.2) is 24.3 Å². The average Bonchev–Trinajstić information content (AvgIpc) is 3.46. The summed E-state index contributed by atoms with van der Waals surface area (Å²) in [7, 11) is 0. The number of amides is 1. The maximum atomic E-state index is 12.4. The van der Waals surface area contributed by atoms with Crippen molar-refractivity contribution < 1.29 is 9.90 Å². The highest BCUT2D eigenvalue weighted by Crippen LogP contribution is 2.30. The van der Waals surface area contributed by atoms with E-state index in [4.69, 9.17) is 0 Å². The van der Waals surface area contributed by atoms with Crippen molar-refractivity contribution in [1.82, 2.24) is 4.90 Å². The van der Waals surface area contributed by atoms with E-state index in [9.17, 15) is 9.90 Å². The van der Waals surface area contributed by atoms with E-state index in [-0.39, 0.29) is 12.5 Å². The molecule has 5 heteroatoms. The number of rotatable bonds is 7. The lowest BCUT2D eigenvalue weighted by Crippen LogP contribution is -2.38. The first kappa shape index (κ1) is 17.1. The molecule has 1 aromatic rings. The number of nitrogens with zero attached hydrogens (tertiary/aromatic N) is 2. The quantitative estimate of drug-likeness (QED) is 0.805. The van der Waals surface area contributed by atoms with E-state index in [1.807, 2.05) is 23.1 Å². The molecule has 1 aliphatic carbocycles. The van der Waals surface area contributed by atoms with Crippen LogP contribution in [0.5, 0.6) is 0 Å². The zero-order chi connectivity index (χ0) is 16.9. The van der Waals surface area contributed by atoms with Gasteiger partial charge in [0.1, 0.15) is 0 Å². The van der Waals surface area contributed by atoms with Crippen molar-refractivity contribution in [1.29, 1.82) is 0 Å². The molecule has 0 bridgehead atoms. The number of carbonyl (C=O) groups excluding carboxylic acids is 1. The summed E-state index contributed by atoms with van der Waals surface area (Å²) in [6.45, 7) is 5.41. The van der Waals surface area contributed by atoms with Gasteiger partial charge in [-0.1, -0.05) is 12.1 Å². The molecule has 1 aliphatic heterocycles. The molecule has 2 aliphatic rings. The Kier molecular flexibility index (Phi) is 5.61. The molecule has 132 valence electrons. The smallest absolute Gasteiger partial charge is 0.242 e. The van der Waals surface area contributed by atoms with Crippen LogP contribution >= 0.6 is 0 Å². The molecule has 5 nitrogen and oxygen atoms in total. The number of nitrogens with one attached hydrogen (secondary N) is 1. The maximum Gasteiger partial charge on any atom is 0.242 e. The lowest BCUT2D eigenvalue weighted by Gasteiger charge is -2.34. The van der Waals surface area contributed by atoms with E-state index >= 15 is 0 Å². The normalized spacial score (nSPS) is 18.5. The molecule has 1 heterocycles. The van der Waals surface area contributed by atoms with E-state index in [1.54, 1.807) is 0 Å². The molecule has 0 radical (unpaired) electrons. The topological polar surface area (TPSA) is 55.8 Å². The first-order valence-electron chi connectivity index (χ1n) is 9.21. The van der Waals surface area contributed by atoms with Crippen LogP contribution in [-0.2, 0) is 4.79 Å². The zero-order valence-corrected chi connectivity index (χ0v) is 14.6. The molecule has 0 atom stereocenters. The zero-order valence-electron chi connectivity index (χ0n) is 14.6. The van der Waals surface area contributed by atoms with Crippen LogP contribution in [0.2, 0.25) is 0 Å². The largest absolute Gasteiger partial charge is 0.396 e. The first-order chi connectivity index (χ1) is 11.7. The second kappa shape index (κ2) is 7.88. The summed E-state index contributed by atoms with van der Waals surface area (Å²) < 4.78 is 0. The fourth-order valence-corrected chi connectivity index (χ4v) is 3.55. The molecule has 1 saturated carbocycles. The molecular weight excluding hydrogens is 302 g/mol. The Morgan fingerprint density at radius 1 is 1.25 bits per heavy atom. The highest BCUT2D eigenvalue weighted by molar-refractivity contribution is 5.83. The highest BCUT2D eigenvalue weighted by Gasteiger charge is 2.31. The Morgan fingerprint density at radius 3 is 2.58 bits per heavy atom. The Hall–Kier alpha value is -1.75. The van der Waals surface area contributed by atoms with Crippen molar-refractivity contribution in [3.63, 3.8) is 0 Å². The molecule has 3 rings (SSSR count). The van der Waals surface area contributed by atoms with Gasteiger partial charge in [-0.15, -0.1) is 0 Å². The van der Waals surface area contributed by atoms with Crippen LogP contribution in [0, 0.1) is 5.92 Å². The minimum absolute atomic E-state index is 0.189. The van der Waals surface area contributed by atoms with Crippen molar-refractivity contribution >= 4 is 17.3 Å². The molecule has 2 fully saturated rings. The predicted octanol–water partition coefficient (Wildman–Crippen LogP) is 2.32. The third kappa shape index (κ3) is 4.01. The number of hydrogen-bond donors (Lipinski definition) is 2. The molecule has 1 saturated heterocycles. The number of benzene rings is 1. The van der Waals surface area contributed by atoms with Gasteiger partial charge in [-0.25, -0.2) is 0 Å². The minimum atomic E-state index is 0.189. The van der Waals surface area contributed by atoms with Gasteiger partial charge in [0.15, 0.2) is 0 Å². The summed E-state index contributed by atoms with van der Waals surface area (Å²) in [5.41, 5.74) is 2.19. The van der Waals surface area contributed by atoms with E-state index in [0.717, 1.165) is 56.7 Å². The lowest BCUT2D eigenvalue weighted by molar-refractivity contribution is -0.129. The number of hydrogen-bond acceptors (Lipinski definition) is 4. The van der Waals surface area contributed by atoms with Crippen LogP contribution in [0.1, 0.15) is 32.6 Å². The van der Waals surface area contributed by atoms with E-state index in [2.05, 4.69) is 23.2 Å². The minimum Gasteiger partial charge on any atom is -0.396 e. The van der Waals surface area contributed by atoms with Crippen LogP contribution < -0.4 is 10.2 Å². The molecule has 1 amide bonds. The molecular formula is C19H29N3O2. The first-order valence-corrected chi connectivity index (χ1v) is 9.21. The van der Waals surface area contributed by atoms with Crippen molar-refractivity contribution in [3.05, 3.63) is 24.3 Å². The number of para-hydroxylation sites is 2. The molecule has 24 heavy (non-hydrogen) atoms. The fourth-order valence-electron chi connectivity index (χ4n) is 3.55. The highest BCUT2D eigenvalue weighted by atomic mass is 16.3. The Morgan fingerprint density at radius 2 is 1.96 bits per heavy atom. The van der Waals surface area contributed by atoms with Gasteiger partial charge in [-0.05, 0) is 50.7 Å². The molecule has 1 aromatic carbocycles. The molecule has 0 aromatic heterocycles. The van der Waals surface area contributed by atoms with Gasteiger partial charge in [0, 0.05) is 32.3 Å². The van der Waals surface area contributed by atoms with Gasteiger partial charge in [0.2, 0.25) is 5.91 Å². The van der Waals surface area contributed by atoms with Gasteiger partial charge in [0.05, 0.1) is 17.9 Å². The van der Waals surface area contributed by atoms with Crippen LogP contribution in [0.25, 0.3) is 0 Å². The predicted molar refractivity (Wildman–Crippen MR) is 97.4 cm³/mol. The number of carbonyl (C=O) groups is 1. The monoisotopic (exact) mass is 331 g/mol. The Bertz CT molecular complexity index is 551. The SMILES string of the molecule is CCN(C(=O)CNc1ccccc1N1CCC(CO)CC1)C1CC1. The summed E-state index contributed by atoms with van der Waals surface area (Å²) >= 11 is 0. The summed E-state index contributed by atoms with van der Waals surface area (Å²) in [5, 5.41) is 12.7. The summed E-state index contributed by atoms with van der Waals surface area (Å²) in [6.07, 6.45) is 4.34. The van der Waals surface area contributed by atoms with Gasteiger partial charge in [0.25, 0.3) is 0 Å². The van der Waals surface area contributed by atoms with Crippen molar-refractivity contribution in [3.8, 4) is 0 Å². The summed E-state index contributed by atoms with van der Waals surface area (Å²) in [4.78, 5) is 16.8. The number of aliphatic hydroxyl groups is 1. The third-order valence-corrected chi connectivity index (χ3v) is 5.20. The summed E-state index contributed by atoms with van der Waals surface area (Å²) in [5.74, 6) is 0.619. The molecule has 0 unspecified atom stereocenters. The fraction of sp³-hybridized carbons (Fsp3) is 0.632. The van der Waals surface area contributed by atoms with Gasteiger partial charge < -0.3 is 20.2 Å². The van der Waals surface area contributed by atoms with Crippen LogP contribution in [0.4, 0.5) is 11.4 Å². The second-order valence-corrected chi connectivity index (χ2v) is 6.89. The number of aliphatic hydroxyl groups excluding tert-OH is 1.